The van der Waals surface area contributed by atoms with Gasteiger partial charge in [0, 0.05) is 38.3 Å². The summed E-state index contributed by atoms with van der Waals surface area (Å²) in [6.45, 7) is 0. The Bertz CT molecular complexity index is 3200. The van der Waals surface area contributed by atoms with E-state index in [1.54, 1.807) is 0 Å². The molecule has 3 nitrogen and oxygen atoms in total. The molecule has 0 N–H and O–H groups in total. The van der Waals surface area contributed by atoms with Gasteiger partial charge in [-0.1, -0.05) is 103 Å². The Kier molecular flexibility index (Phi) is 4.72. The first-order valence-corrected chi connectivity index (χ1v) is 16.9. The zero-order chi connectivity index (χ0) is 31.8. The highest BCUT2D eigenvalue weighted by atomic mass is 16.3. The van der Waals surface area contributed by atoms with Crippen LogP contribution in [0.3, 0.4) is 0 Å². The average molecular weight is 623 g/mol. The third-order valence-corrected chi connectivity index (χ3v) is 10.8. The van der Waals surface area contributed by atoms with E-state index in [1.807, 2.05) is 0 Å². The zero-order valence-electron chi connectivity index (χ0n) is 26.3. The van der Waals surface area contributed by atoms with E-state index in [0.717, 1.165) is 33.3 Å². The van der Waals surface area contributed by atoms with Crippen molar-refractivity contribution < 1.29 is 4.42 Å². The molecule has 1 aliphatic rings. The lowest BCUT2D eigenvalue weighted by molar-refractivity contribution is 0.669. The van der Waals surface area contributed by atoms with E-state index < -0.39 is 0 Å². The van der Waals surface area contributed by atoms with Gasteiger partial charge in [-0.3, -0.25) is 0 Å². The fraction of sp³-hybridized carbons (Fsp3) is 0. The molecule has 0 amide bonds. The average Bonchev–Trinajstić information content (AvgIpc) is 3.89. The van der Waals surface area contributed by atoms with E-state index in [-0.39, 0.29) is 0 Å². The van der Waals surface area contributed by atoms with Crippen molar-refractivity contribution in [3.63, 3.8) is 0 Å². The van der Waals surface area contributed by atoms with Gasteiger partial charge >= 0.3 is 0 Å². The van der Waals surface area contributed by atoms with Crippen LogP contribution in [0.4, 0.5) is 0 Å². The summed E-state index contributed by atoms with van der Waals surface area (Å²) in [5, 5.41) is 9.85. The molecule has 0 spiro atoms. The van der Waals surface area contributed by atoms with E-state index in [2.05, 4.69) is 167 Å². The summed E-state index contributed by atoms with van der Waals surface area (Å²) in [5.74, 6) is 0. The Morgan fingerprint density at radius 2 is 1.06 bits per heavy atom. The van der Waals surface area contributed by atoms with Crippen LogP contribution in [0.1, 0.15) is 0 Å². The number of aromatic nitrogens is 2. The largest absolute Gasteiger partial charge is 0.456 e. The number of rotatable bonds is 2. The van der Waals surface area contributed by atoms with Gasteiger partial charge < -0.3 is 13.6 Å². The minimum absolute atomic E-state index is 0.902. The second kappa shape index (κ2) is 9.06. The Hall–Kier alpha value is -6.58. The van der Waals surface area contributed by atoms with E-state index in [0.29, 0.717) is 0 Å². The van der Waals surface area contributed by atoms with Crippen molar-refractivity contribution in [2.24, 2.45) is 0 Å². The highest BCUT2D eigenvalue weighted by Crippen LogP contribution is 2.50. The lowest BCUT2D eigenvalue weighted by atomic mass is 10.0. The summed E-state index contributed by atoms with van der Waals surface area (Å²) in [5.41, 5.74) is 14.1. The van der Waals surface area contributed by atoms with E-state index in [1.165, 1.54) is 76.6 Å². The predicted octanol–water partition coefficient (Wildman–Crippen LogP) is 12.6. The van der Waals surface area contributed by atoms with E-state index in [9.17, 15) is 0 Å². The Labute approximate surface area is 280 Å². The summed E-state index contributed by atoms with van der Waals surface area (Å²) in [7, 11) is 0. The summed E-state index contributed by atoms with van der Waals surface area (Å²) < 4.78 is 11.4. The quantitative estimate of drug-likeness (QED) is 0.188. The van der Waals surface area contributed by atoms with Gasteiger partial charge in [0.2, 0.25) is 0 Å². The Morgan fingerprint density at radius 3 is 1.92 bits per heavy atom. The summed E-state index contributed by atoms with van der Waals surface area (Å²) in [6.07, 6.45) is 0. The summed E-state index contributed by atoms with van der Waals surface area (Å²) in [6, 6.07) is 57.5. The molecular weight excluding hydrogens is 597 g/mol. The van der Waals surface area contributed by atoms with Crippen molar-refractivity contribution in [1.29, 1.82) is 0 Å². The van der Waals surface area contributed by atoms with Crippen LogP contribution in [0.15, 0.2) is 162 Å². The number of hydrogen-bond acceptors (Lipinski definition) is 1. The fourth-order valence-corrected chi connectivity index (χ4v) is 8.88. The van der Waals surface area contributed by atoms with Gasteiger partial charge in [0.1, 0.15) is 11.2 Å². The minimum Gasteiger partial charge on any atom is -0.456 e. The molecule has 3 heteroatoms. The first-order chi connectivity index (χ1) is 24.3. The van der Waals surface area contributed by atoms with Crippen molar-refractivity contribution in [1.82, 2.24) is 9.13 Å². The molecule has 0 unspecified atom stereocenters. The molecule has 226 valence electrons. The second-order valence-electron chi connectivity index (χ2n) is 13.3. The predicted molar refractivity (Wildman–Crippen MR) is 204 cm³/mol. The minimum atomic E-state index is 0.902. The maximum absolute atomic E-state index is 6.50. The topological polar surface area (TPSA) is 23.0 Å². The van der Waals surface area contributed by atoms with Gasteiger partial charge in [0.25, 0.3) is 0 Å². The Balaban J connectivity index is 1.31. The van der Waals surface area contributed by atoms with Crippen molar-refractivity contribution in [3.05, 3.63) is 158 Å². The molecule has 0 radical (unpaired) electrons. The van der Waals surface area contributed by atoms with Gasteiger partial charge in [0.15, 0.2) is 0 Å². The standard InChI is InChI=1S/C46H26N2O/c1-2-12-28(13-3-1)47-38-18-6-4-14-35(38)43-39(47)24-22-33-34-23-25-41-44(36-15-5-7-19-40(36)49-41)46(34)48(45(33)43)29-20-21-30-31-16-8-10-27-11-9-17-32(42(27)31)37(30)26-29/h1-26H. The van der Waals surface area contributed by atoms with Gasteiger partial charge in [-0.05, 0) is 87.6 Å². The first-order valence-electron chi connectivity index (χ1n) is 16.9. The van der Waals surface area contributed by atoms with Crippen LogP contribution in [-0.2, 0) is 0 Å². The third kappa shape index (κ3) is 3.17. The normalized spacial score (nSPS) is 12.5. The number of fused-ring (bicyclic) bond motifs is 14. The molecule has 0 aliphatic heterocycles. The highest BCUT2D eigenvalue weighted by Gasteiger charge is 2.26. The van der Waals surface area contributed by atoms with Crippen molar-refractivity contribution in [2.75, 3.05) is 0 Å². The number of para-hydroxylation sites is 3. The summed E-state index contributed by atoms with van der Waals surface area (Å²) >= 11 is 0. The molecule has 1 aliphatic carbocycles. The molecule has 0 fully saturated rings. The number of furan rings is 1. The first kappa shape index (κ1) is 25.5. The molecule has 0 saturated heterocycles. The van der Waals surface area contributed by atoms with E-state index >= 15 is 0 Å². The molecule has 3 heterocycles. The smallest absolute Gasteiger partial charge is 0.137 e. The monoisotopic (exact) mass is 622 g/mol. The van der Waals surface area contributed by atoms with Crippen LogP contribution in [0, 0.1) is 0 Å². The molecule has 0 saturated carbocycles. The van der Waals surface area contributed by atoms with Gasteiger partial charge in [-0.25, -0.2) is 0 Å². The molecule has 11 aromatic rings. The fourth-order valence-electron chi connectivity index (χ4n) is 8.88. The molecule has 3 aromatic heterocycles. The number of hydrogen-bond donors (Lipinski definition) is 0. The molecule has 49 heavy (non-hydrogen) atoms. The van der Waals surface area contributed by atoms with Crippen LogP contribution < -0.4 is 0 Å². The van der Waals surface area contributed by atoms with Crippen LogP contribution in [-0.4, -0.2) is 9.13 Å². The van der Waals surface area contributed by atoms with Crippen LogP contribution in [0.25, 0.3) is 110 Å². The Morgan fingerprint density at radius 1 is 0.347 bits per heavy atom. The lowest BCUT2D eigenvalue weighted by Crippen LogP contribution is -1.96. The maximum Gasteiger partial charge on any atom is 0.137 e. The molecule has 12 rings (SSSR count). The van der Waals surface area contributed by atoms with E-state index in [4.69, 9.17) is 4.42 Å². The van der Waals surface area contributed by atoms with Crippen LogP contribution in [0.2, 0.25) is 0 Å². The number of benzene rings is 8. The van der Waals surface area contributed by atoms with Crippen molar-refractivity contribution in [3.8, 4) is 33.6 Å². The second-order valence-corrected chi connectivity index (χ2v) is 13.3. The third-order valence-electron chi connectivity index (χ3n) is 10.8. The molecule has 0 atom stereocenters. The van der Waals surface area contributed by atoms with Gasteiger partial charge in [0.05, 0.1) is 27.5 Å². The number of nitrogens with zero attached hydrogens (tertiary/aromatic N) is 2. The molecular formula is C46H26N2O. The maximum atomic E-state index is 6.50. The van der Waals surface area contributed by atoms with Gasteiger partial charge in [-0.2, -0.15) is 0 Å². The zero-order valence-corrected chi connectivity index (χ0v) is 26.3. The van der Waals surface area contributed by atoms with Gasteiger partial charge in [-0.15, -0.1) is 0 Å². The van der Waals surface area contributed by atoms with Crippen molar-refractivity contribution >= 4 is 76.3 Å². The van der Waals surface area contributed by atoms with Crippen LogP contribution >= 0.6 is 0 Å². The van der Waals surface area contributed by atoms with Crippen molar-refractivity contribution in [2.45, 2.75) is 0 Å². The molecule has 8 aromatic carbocycles. The SMILES string of the molecule is c1ccc(-n2c3ccccc3c3c2ccc2c4ccc5oc6ccccc6c5c4n(-c4ccc5c(c4)-c4cccc6cccc-5c46)c23)cc1. The lowest BCUT2D eigenvalue weighted by Gasteiger charge is -2.13. The summed E-state index contributed by atoms with van der Waals surface area (Å²) in [4.78, 5) is 0. The highest BCUT2D eigenvalue weighted by molar-refractivity contribution is 6.31. The molecule has 0 bridgehead atoms. The van der Waals surface area contributed by atoms with Crippen LogP contribution in [0.5, 0.6) is 0 Å².